The lowest BCUT2D eigenvalue weighted by atomic mass is 10.1. The van der Waals surface area contributed by atoms with E-state index in [0.29, 0.717) is 6.04 Å². The molecule has 4 heteroatoms. The fourth-order valence-corrected chi connectivity index (χ4v) is 1.83. The van der Waals surface area contributed by atoms with Crippen molar-refractivity contribution in [3.05, 3.63) is 0 Å². The number of hydrogen-bond acceptors (Lipinski definition) is 3. The molecule has 0 aromatic rings. The summed E-state index contributed by atoms with van der Waals surface area (Å²) in [5.41, 5.74) is 0. The lowest BCUT2D eigenvalue weighted by Crippen LogP contribution is -2.42. The third kappa shape index (κ3) is 3.47. The van der Waals surface area contributed by atoms with Crippen LogP contribution in [0.3, 0.4) is 0 Å². The highest BCUT2D eigenvalue weighted by Crippen LogP contribution is 2.19. The maximum Gasteiger partial charge on any atom is 0.249 e. The minimum Gasteiger partial charge on any atom is -0.364 e. The van der Waals surface area contributed by atoms with Gasteiger partial charge in [-0.1, -0.05) is 0 Å². The van der Waals surface area contributed by atoms with E-state index in [1.165, 1.54) is 0 Å². The van der Waals surface area contributed by atoms with Crippen LogP contribution in [0.2, 0.25) is 0 Å². The molecule has 0 bridgehead atoms. The first-order chi connectivity index (χ1) is 7.25. The zero-order chi connectivity index (χ0) is 10.7. The summed E-state index contributed by atoms with van der Waals surface area (Å²) in [6.07, 6.45) is 4.36. The summed E-state index contributed by atoms with van der Waals surface area (Å²) in [4.78, 5) is 11.6. The summed E-state index contributed by atoms with van der Waals surface area (Å²) in [5, 5.41) is 6.23. The Morgan fingerprint density at radius 3 is 2.87 bits per heavy atom. The van der Waals surface area contributed by atoms with Crippen LogP contribution < -0.4 is 10.6 Å². The lowest BCUT2D eigenvalue weighted by molar-refractivity contribution is -0.136. The van der Waals surface area contributed by atoms with Gasteiger partial charge < -0.3 is 15.4 Å². The summed E-state index contributed by atoms with van der Waals surface area (Å²) >= 11 is 0. The van der Waals surface area contributed by atoms with Gasteiger partial charge in [-0.05, 0) is 39.2 Å². The summed E-state index contributed by atoms with van der Waals surface area (Å²) in [6, 6.07) is 0.424. The molecule has 2 rings (SSSR count). The Bertz CT molecular complexity index is 223. The van der Waals surface area contributed by atoms with Crippen LogP contribution in [-0.2, 0) is 9.53 Å². The molecule has 1 aliphatic carbocycles. The molecule has 0 aromatic heterocycles. The Hall–Kier alpha value is -0.610. The summed E-state index contributed by atoms with van der Waals surface area (Å²) in [5.74, 6) is 0.0445. The average Bonchev–Trinajstić information content (AvgIpc) is 3.03. The Morgan fingerprint density at radius 1 is 1.47 bits per heavy atom. The van der Waals surface area contributed by atoms with Crippen LogP contribution in [0.25, 0.3) is 0 Å². The number of piperidine rings is 1. The number of carbonyl (C=O) groups excluding carboxylic acids is 1. The predicted octanol–water partition coefficient (Wildman–Crippen LogP) is 0.422. The topological polar surface area (TPSA) is 50.4 Å². The van der Waals surface area contributed by atoms with Crippen molar-refractivity contribution in [3.63, 3.8) is 0 Å². The van der Waals surface area contributed by atoms with E-state index in [-0.39, 0.29) is 18.1 Å². The molecule has 1 saturated heterocycles. The van der Waals surface area contributed by atoms with Gasteiger partial charge in [0.05, 0.1) is 6.10 Å². The molecule has 0 spiro atoms. The highest BCUT2D eigenvalue weighted by atomic mass is 16.5. The van der Waals surface area contributed by atoms with Crippen molar-refractivity contribution < 1.29 is 9.53 Å². The normalized spacial score (nSPS) is 28.5. The van der Waals surface area contributed by atoms with Crippen LogP contribution in [0.4, 0.5) is 0 Å². The molecule has 2 atom stereocenters. The first-order valence-electron chi connectivity index (χ1n) is 5.92. The van der Waals surface area contributed by atoms with Gasteiger partial charge in [0, 0.05) is 12.6 Å². The number of hydrogen-bond donors (Lipinski definition) is 2. The van der Waals surface area contributed by atoms with E-state index in [1.807, 2.05) is 6.92 Å². The fourth-order valence-electron chi connectivity index (χ4n) is 1.83. The molecular formula is C11H20N2O2. The minimum atomic E-state index is -0.310. The lowest BCUT2D eigenvalue weighted by Gasteiger charge is -2.25. The van der Waals surface area contributed by atoms with E-state index >= 15 is 0 Å². The van der Waals surface area contributed by atoms with Crippen molar-refractivity contribution in [1.29, 1.82) is 0 Å². The van der Waals surface area contributed by atoms with Gasteiger partial charge in [0.25, 0.3) is 0 Å². The third-order valence-electron chi connectivity index (χ3n) is 2.94. The molecule has 15 heavy (non-hydrogen) atoms. The second-order valence-corrected chi connectivity index (χ2v) is 4.53. The number of carbonyl (C=O) groups is 1. The van der Waals surface area contributed by atoms with Crippen molar-refractivity contribution in [1.82, 2.24) is 10.6 Å². The number of rotatable bonds is 4. The number of ether oxygens (including phenoxy) is 1. The van der Waals surface area contributed by atoms with Crippen LogP contribution in [0.1, 0.15) is 32.6 Å². The molecule has 1 amide bonds. The van der Waals surface area contributed by atoms with Crippen molar-refractivity contribution in [2.45, 2.75) is 50.9 Å². The van der Waals surface area contributed by atoms with Gasteiger partial charge in [-0.15, -0.1) is 0 Å². The van der Waals surface area contributed by atoms with E-state index in [4.69, 9.17) is 4.74 Å². The Kier molecular flexibility index (Phi) is 3.59. The van der Waals surface area contributed by atoms with E-state index in [1.54, 1.807) is 0 Å². The second kappa shape index (κ2) is 4.94. The van der Waals surface area contributed by atoms with E-state index < -0.39 is 0 Å². The smallest absolute Gasteiger partial charge is 0.249 e. The number of nitrogens with one attached hydrogen (secondary N) is 2. The highest BCUT2D eigenvalue weighted by Gasteiger charge is 2.27. The Balaban J connectivity index is 1.69. The third-order valence-corrected chi connectivity index (χ3v) is 2.94. The minimum absolute atomic E-state index is 0.0445. The molecule has 2 unspecified atom stereocenters. The van der Waals surface area contributed by atoms with Gasteiger partial charge in [0.2, 0.25) is 5.91 Å². The van der Waals surface area contributed by atoms with Crippen molar-refractivity contribution in [2.24, 2.45) is 0 Å². The van der Waals surface area contributed by atoms with Crippen LogP contribution >= 0.6 is 0 Å². The van der Waals surface area contributed by atoms with Crippen LogP contribution in [0, 0.1) is 0 Å². The molecule has 86 valence electrons. The van der Waals surface area contributed by atoms with Gasteiger partial charge in [-0.25, -0.2) is 0 Å². The molecule has 0 aromatic carbocycles. The van der Waals surface area contributed by atoms with Crippen molar-refractivity contribution in [3.8, 4) is 0 Å². The number of amides is 1. The molecule has 2 fully saturated rings. The SMILES string of the molecule is CC(OC1CCCNC1)C(=O)NC1CC1. The van der Waals surface area contributed by atoms with Crippen LogP contribution in [0.15, 0.2) is 0 Å². The van der Waals surface area contributed by atoms with Gasteiger partial charge >= 0.3 is 0 Å². The molecule has 1 heterocycles. The molecular weight excluding hydrogens is 192 g/mol. The standard InChI is InChI=1S/C11H20N2O2/c1-8(11(14)13-9-4-5-9)15-10-3-2-6-12-7-10/h8-10,12H,2-7H2,1H3,(H,13,14). The maximum atomic E-state index is 11.6. The van der Waals surface area contributed by atoms with E-state index in [9.17, 15) is 4.79 Å². The molecule has 2 aliphatic rings. The van der Waals surface area contributed by atoms with Gasteiger partial charge in [-0.3, -0.25) is 4.79 Å². The monoisotopic (exact) mass is 212 g/mol. The van der Waals surface area contributed by atoms with Gasteiger partial charge in [0.15, 0.2) is 0 Å². The van der Waals surface area contributed by atoms with Crippen molar-refractivity contribution >= 4 is 5.91 Å². The van der Waals surface area contributed by atoms with E-state index in [0.717, 1.165) is 38.8 Å². The quantitative estimate of drug-likeness (QED) is 0.710. The summed E-state index contributed by atoms with van der Waals surface area (Å²) < 4.78 is 5.71. The van der Waals surface area contributed by atoms with Crippen LogP contribution in [0.5, 0.6) is 0 Å². The predicted molar refractivity (Wildman–Crippen MR) is 57.6 cm³/mol. The van der Waals surface area contributed by atoms with E-state index in [2.05, 4.69) is 10.6 Å². The zero-order valence-electron chi connectivity index (χ0n) is 9.29. The van der Waals surface area contributed by atoms with Gasteiger partial charge in [0.1, 0.15) is 6.10 Å². The van der Waals surface area contributed by atoms with Gasteiger partial charge in [-0.2, -0.15) is 0 Å². The summed E-state index contributed by atoms with van der Waals surface area (Å²) in [7, 11) is 0. The molecule has 4 nitrogen and oxygen atoms in total. The zero-order valence-corrected chi connectivity index (χ0v) is 9.29. The first kappa shape index (κ1) is 10.9. The molecule has 1 aliphatic heterocycles. The first-order valence-corrected chi connectivity index (χ1v) is 5.92. The van der Waals surface area contributed by atoms with Crippen molar-refractivity contribution in [2.75, 3.05) is 13.1 Å². The Labute approximate surface area is 90.8 Å². The highest BCUT2D eigenvalue weighted by molar-refractivity contribution is 5.80. The Morgan fingerprint density at radius 2 is 2.27 bits per heavy atom. The van der Waals surface area contributed by atoms with Crippen LogP contribution in [-0.4, -0.2) is 37.2 Å². The maximum absolute atomic E-state index is 11.6. The largest absolute Gasteiger partial charge is 0.364 e. The average molecular weight is 212 g/mol. The molecule has 0 radical (unpaired) electrons. The summed E-state index contributed by atoms with van der Waals surface area (Å²) in [6.45, 7) is 3.79. The molecule has 2 N–H and O–H groups in total. The molecule has 1 saturated carbocycles. The second-order valence-electron chi connectivity index (χ2n) is 4.53. The fraction of sp³-hybridized carbons (Fsp3) is 0.909.